The molecule has 0 unspecified atom stereocenters. The molecule has 1 heteroatoms. The Kier molecular flexibility index (Phi) is 6.07. The fourth-order valence-corrected chi connectivity index (χ4v) is 3.11. The molecule has 0 heterocycles. The summed E-state index contributed by atoms with van der Waals surface area (Å²) in [7, 11) is 0. The number of rotatable bonds is 7. The third kappa shape index (κ3) is 4.35. The van der Waals surface area contributed by atoms with E-state index in [1.807, 2.05) is 0 Å². The van der Waals surface area contributed by atoms with Gasteiger partial charge in [-0.2, -0.15) is 0 Å². The number of hydrogen-bond donors (Lipinski definition) is 0. The maximum atomic E-state index is 5.47. The van der Waals surface area contributed by atoms with E-state index in [2.05, 4.69) is 43.5 Å². The molecule has 0 spiro atoms. The molecule has 20 heavy (non-hydrogen) atoms. The minimum Gasteiger partial charge on any atom is -0.373 e. The summed E-state index contributed by atoms with van der Waals surface area (Å²) in [6.07, 6.45) is 10.4. The minimum absolute atomic E-state index is 0.620. The lowest BCUT2D eigenvalue weighted by Gasteiger charge is -2.28. The highest BCUT2D eigenvalue weighted by atomic mass is 16.5. The third-order valence-electron chi connectivity index (χ3n) is 4.30. The molecular weight excluding hydrogens is 244 g/mol. The molecule has 0 atom stereocenters. The molecule has 0 radical (unpaired) electrons. The van der Waals surface area contributed by atoms with Crippen molar-refractivity contribution in [1.82, 2.24) is 0 Å². The first-order valence-electron chi connectivity index (χ1n) is 7.72. The Bertz CT molecular complexity index is 410. The molecule has 1 aromatic rings. The predicted octanol–water partition coefficient (Wildman–Crippen LogP) is 5.24. The second-order valence-corrected chi connectivity index (χ2v) is 5.79. The topological polar surface area (TPSA) is 9.23 Å². The van der Waals surface area contributed by atoms with Crippen molar-refractivity contribution in [3.63, 3.8) is 0 Å². The normalized spacial score (nSPS) is 22.4. The van der Waals surface area contributed by atoms with Crippen molar-refractivity contribution < 1.29 is 4.74 Å². The van der Waals surface area contributed by atoms with E-state index in [0.29, 0.717) is 13.2 Å². The SMILES string of the molecule is C=CCOCc1ccc([C@H]2CC[C@H](CC=C)CC2)cc1. The van der Waals surface area contributed by atoms with Crippen molar-refractivity contribution in [1.29, 1.82) is 0 Å². The fourth-order valence-electron chi connectivity index (χ4n) is 3.11. The van der Waals surface area contributed by atoms with Crippen LogP contribution < -0.4 is 0 Å². The van der Waals surface area contributed by atoms with Crippen LogP contribution in [0.2, 0.25) is 0 Å². The van der Waals surface area contributed by atoms with E-state index in [9.17, 15) is 0 Å². The Labute approximate surface area is 123 Å². The van der Waals surface area contributed by atoms with E-state index >= 15 is 0 Å². The first-order chi connectivity index (χ1) is 9.83. The van der Waals surface area contributed by atoms with Crippen LogP contribution in [0.1, 0.15) is 49.1 Å². The molecule has 1 nitrogen and oxygen atoms in total. The summed E-state index contributed by atoms with van der Waals surface area (Å²) in [6, 6.07) is 8.97. The molecule has 0 aliphatic heterocycles. The maximum Gasteiger partial charge on any atom is 0.0721 e. The van der Waals surface area contributed by atoms with Crippen LogP contribution in [0.3, 0.4) is 0 Å². The van der Waals surface area contributed by atoms with Gasteiger partial charge < -0.3 is 4.74 Å². The number of ether oxygens (including phenoxy) is 1. The van der Waals surface area contributed by atoms with Crippen LogP contribution in [0.25, 0.3) is 0 Å². The quantitative estimate of drug-likeness (QED) is 0.486. The van der Waals surface area contributed by atoms with E-state index in [0.717, 1.165) is 11.8 Å². The number of benzene rings is 1. The van der Waals surface area contributed by atoms with Crippen molar-refractivity contribution >= 4 is 0 Å². The maximum absolute atomic E-state index is 5.47. The fraction of sp³-hybridized carbons (Fsp3) is 0.474. The average Bonchev–Trinajstić information content (AvgIpc) is 2.49. The van der Waals surface area contributed by atoms with E-state index in [1.165, 1.54) is 43.2 Å². The lowest BCUT2D eigenvalue weighted by Crippen LogP contribution is -2.12. The molecule has 0 aromatic heterocycles. The van der Waals surface area contributed by atoms with E-state index in [1.54, 1.807) is 6.08 Å². The molecule has 1 aromatic carbocycles. The highest BCUT2D eigenvalue weighted by Gasteiger charge is 2.21. The first kappa shape index (κ1) is 15.1. The summed E-state index contributed by atoms with van der Waals surface area (Å²) in [5, 5.41) is 0. The Morgan fingerprint density at radius 1 is 1.00 bits per heavy atom. The van der Waals surface area contributed by atoms with Crippen molar-refractivity contribution in [3.8, 4) is 0 Å². The molecule has 0 amide bonds. The van der Waals surface area contributed by atoms with Crippen LogP contribution in [0.4, 0.5) is 0 Å². The lowest BCUT2D eigenvalue weighted by molar-refractivity contribution is 0.149. The van der Waals surface area contributed by atoms with Crippen LogP contribution in [0.15, 0.2) is 49.6 Å². The monoisotopic (exact) mass is 270 g/mol. The van der Waals surface area contributed by atoms with Gasteiger partial charge in [0, 0.05) is 0 Å². The zero-order chi connectivity index (χ0) is 14.2. The first-order valence-corrected chi connectivity index (χ1v) is 7.72. The van der Waals surface area contributed by atoms with Gasteiger partial charge >= 0.3 is 0 Å². The number of allylic oxidation sites excluding steroid dienone is 1. The van der Waals surface area contributed by atoms with Gasteiger partial charge in [-0.25, -0.2) is 0 Å². The van der Waals surface area contributed by atoms with Crippen LogP contribution in [0.5, 0.6) is 0 Å². The number of hydrogen-bond acceptors (Lipinski definition) is 1. The summed E-state index contributed by atoms with van der Waals surface area (Å²) in [5.74, 6) is 1.62. The van der Waals surface area contributed by atoms with Gasteiger partial charge in [-0.1, -0.05) is 36.4 Å². The summed E-state index contributed by atoms with van der Waals surface area (Å²) in [4.78, 5) is 0. The van der Waals surface area contributed by atoms with Gasteiger partial charge in [0.05, 0.1) is 13.2 Å². The van der Waals surface area contributed by atoms with Crippen molar-refractivity contribution in [2.75, 3.05) is 6.61 Å². The predicted molar refractivity (Wildman–Crippen MR) is 85.8 cm³/mol. The van der Waals surface area contributed by atoms with Gasteiger partial charge in [0.2, 0.25) is 0 Å². The lowest BCUT2D eigenvalue weighted by atomic mass is 9.77. The molecule has 1 fully saturated rings. The van der Waals surface area contributed by atoms with Crippen molar-refractivity contribution in [2.45, 2.75) is 44.6 Å². The zero-order valence-corrected chi connectivity index (χ0v) is 12.4. The standard InChI is InChI=1S/C19H26O/c1-3-5-16-6-10-18(11-7-16)19-12-8-17(9-13-19)15-20-14-4-2/h3-4,8-9,12-13,16,18H,1-2,5-7,10-11,14-15H2/t16-,18-. The van der Waals surface area contributed by atoms with E-state index in [-0.39, 0.29) is 0 Å². The second-order valence-electron chi connectivity index (χ2n) is 5.79. The highest BCUT2D eigenvalue weighted by Crippen LogP contribution is 2.37. The summed E-state index contributed by atoms with van der Waals surface area (Å²) >= 11 is 0. The van der Waals surface area contributed by atoms with E-state index < -0.39 is 0 Å². The largest absolute Gasteiger partial charge is 0.373 e. The smallest absolute Gasteiger partial charge is 0.0721 e. The Balaban J connectivity index is 1.84. The van der Waals surface area contributed by atoms with Crippen LogP contribution in [0, 0.1) is 5.92 Å². The third-order valence-corrected chi connectivity index (χ3v) is 4.30. The van der Waals surface area contributed by atoms with Gasteiger partial charge in [0.25, 0.3) is 0 Å². The van der Waals surface area contributed by atoms with Crippen molar-refractivity contribution in [2.24, 2.45) is 5.92 Å². The molecule has 1 aliphatic rings. The Morgan fingerprint density at radius 2 is 1.70 bits per heavy atom. The highest BCUT2D eigenvalue weighted by molar-refractivity contribution is 5.25. The van der Waals surface area contributed by atoms with Gasteiger partial charge in [-0.3, -0.25) is 0 Å². The van der Waals surface area contributed by atoms with Crippen LogP contribution in [-0.2, 0) is 11.3 Å². The molecule has 0 bridgehead atoms. The molecule has 1 saturated carbocycles. The van der Waals surface area contributed by atoms with Gasteiger partial charge in [0.15, 0.2) is 0 Å². The average molecular weight is 270 g/mol. The van der Waals surface area contributed by atoms with E-state index in [4.69, 9.17) is 4.74 Å². The summed E-state index contributed by atoms with van der Waals surface area (Å²) in [6.45, 7) is 8.81. The summed E-state index contributed by atoms with van der Waals surface area (Å²) < 4.78 is 5.47. The van der Waals surface area contributed by atoms with Crippen molar-refractivity contribution in [3.05, 3.63) is 60.7 Å². The molecular formula is C19H26O. The molecule has 0 saturated heterocycles. The molecule has 2 rings (SSSR count). The molecule has 1 aliphatic carbocycles. The van der Waals surface area contributed by atoms with Crippen LogP contribution >= 0.6 is 0 Å². The van der Waals surface area contributed by atoms with Gasteiger partial charge in [-0.15, -0.1) is 13.2 Å². The zero-order valence-electron chi connectivity index (χ0n) is 12.4. The summed E-state index contributed by atoms with van der Waals surface area (Å²) in [5.41, 5.74) is 2.74. The molecule has 108 valence electrons. The second kappa shape index (κ2) is 8.06. The Hall–Kier alpha value is -1.34. The minimum atomic E-state index is 0.620. The van der Waals surface area contributed by atoms with Crippen LogP contribution in [-0.4, -0.2) is 6.61 Å². The Morgan fingerprint density at radius 3 is 2.30 bits per heavy atom. The molecule has 0 N–H and O–H groups in total. The van der Waals surface area contributed by atoms with Gasteiger partial charge in [0.1, 0.15) is 0 Å². The van der Waals surface area contributed by atoms with Gasteiger partial charge in [-0.05, 0) is 55.1 Å².